The van der Waals surface area contributed by atoms with Crippen LogP contribution in [0.25, 0.3) is 0 Å². The Morgan fingerprint density at radius 2 is 1.07 bits per heavy atom. The molecule has 0 fully saturated rings. The van der Waals surface area contributed by atoms with Gasteiger partial charge in [-0.05, 0) is 44.9 Å². The molecule has 0 aliphatic rings. The molecule has 2 atom stereocenters. The highest BCUT2D eigenvalue weighted by Gasteiger charge is 2.11. The van der Waals surface area contributed by atoms with Crippen molar-refractivity contribution >= 4 is 11.9 Å². The fourth-order valence-corrected chi connectivity index (χ4v) is 4.55. The predicted molar refractivity (Wildman–Crippen MR) is 192 cm³/mol. The number of esters is 2. The Kier molecular flexibility index (Phi) is 33.1. The predicted octanol–water partition coefficient (Wildman–Crippen LogP) is 9.97. The minimum atomic E-state index is -1.01. The van der Waals surface area contributed by atoms with E-state index in [1.165, 1.54) is 57.8 Å². The van der Waals surface area contributed by atoms with E-state index in [9.17, 15) is 19.8 Å². The second kappa shape index (κ2) is 35.2. The molecule has 0 saturated carbocycles. The second-order valence-electron chi connectivity index (χ2n) is 11.8. The number of carbonyl (C=O) groups is 2. The summed E-state index contributed by atoms with van der Waals surface area (Å²) in [7, 11) is 0. The molecule has 0 saturated heterocycles. The van der Waals surface area contributed by atoms with E-state index in [1.54, 1.807) is 6.08 Å². The van der Waals surface area contributed by atoms with E-state index in [2.05, 4.69) is 44.2 Å². The zero-order chi connectivity index (χ0) is 33.8. The molecule has 0 aliphatic carbocycles. The van der Waals surface area contributed by atoms with Crippen LogP contribution >= 0.6 is 0 Å². The number of hydrogen-bond donors (Lipinski definition) is 2. The van der Waals surface area contributed by atoms with Gasteiger partial charge < -0.3 is 19.7 Å². The first-order valence-corrected chi connectivity index (χ1v) is 18.1. The summed E-state index contributed by atoms with van der Waals surface area (Å²) in [6.45, 7) is 4.03. The van der Waals surface area contributed by atoms with Crippen LogP contribution in [0.15, 0.2) is 72.9 Å². The van der Waals surface area contributed by atoms with Gasteiger partial charge in [0.2, 0.25) is 0 Å². The maximum absolute atomic E-state index is 11.9. The Hall–Kier alpha value is -2.70. The Bertz CT molecular complexity index is 882. The standard InChI is InChI=1S/C40H66O6/c1-3-5-7-9-11-12-13-14-18-21-25-29-33-39(43)45-35-38(42)36-46-40(44)34-30-26-22-19-16-15-17-20-24-28-32-37(41)31-27-23-10-8-6-4-2/h6,8,15-16,20,22-24,26-28,32,37-38,41-42H,3-5,7,9-14,17-19,21,25,29-31,33-36H2,1-2H3/b8-6-,16-15-,24-20-,26-22-,27-23-,32-28+/t37?,38-/m1/s1. The van der Waals surface area contributed by atoms with Gasteiger partial charge in [-0.15, -0.1) is 0 Å². The van der Waals surface area contributed by atoms with Crippen molar-refractivity contribution in [2.45, 2.75) is 154 Å². The van der Waals surface area contributed by atoms with Crippen LogP contribution in [-0.4, -0.2) is 47.6 Å². The van der Waals surface area contributed by atoms with Crippen LogP contribution in [0.4, 0.5) is 0 Å². The van der Waals surface area contributed by atoms with Gasteiger partial charge in [0.05, 0.1) is 6.10 Å². The molecule has 46 heavy (non-hydrogen) atoms. The number of ether oxygens (including phenoxy) is 2. The molecule has 0 aromatic rings. The minimum Gasteiger partial charge on any atom is -0.463 e. The van der Waals surface area contributed by atoms with Gasteiger partial charge in [-0.1, -0.05) is 157 Å². The van der Waals surface area contributed by atoms with E-state index in [0.717, 1.165) is 44.9 Å². The van der Waals surface area contributed by atoms with Crippen LogP contribution in [0.1, 0.15) is 142 Å². The zero-order valence-electron chi connectivity index (χ0n) is 29.2. The quantitative estimate of drug-likeness (QED) is 0.0338. The number of aliphatic hydroxyl groups is 2. The normalized spacial score (nSPS) is 13.7. The van der Waals surface area contributed by atoms with Crippen molar-refractivity contribution in [1.82, 2.24) is 0 Å². The lowest BCUT2D eigenvalue weighted by atomic mass is 10.0. The lowest BCUT2D eigenvalue weighted by molar-refractivity contribution is -0.152. The van der Waals surface area contributed by atoms with E-state index < -0.39 is 12.2 Å². The molecule has 0 heterocycles. The molecule has 0 bridgehead atoms. The molecule has 0 aromatic heterocycles. The van der Waals surface area contributed by atoms with Crippen LogP contribution in [-0.2, 0) is 19.1 Å². The lowest BCUT2D eigenvalue weighted by Crippen LogP contribution is -2.25. The van der Waals surface area contributed by atoms with Crippen molar-refractivity contribution < 1.29 is 29.3 Å². The van der Waals surface area contributed by atoms with Crippen molar-refractivity contribution in [3.05, 3.63) is 72.9 Å². The summed E-state index contributed by atoms with van der Waals surface area (Å²) >= 11 is 0. The molecule has 0 amide bonds. The second-order valence-corrected chi connectivity index (χ2v) is 11.8. The first-order chi connectivity index (χ1) is 22.5. The van der Waals surface area contributed by atoms with Gasteiger partial charge >= 0.3 is 11.9 Å². The van der Waals surface area contributed by atoms with Crippen LogP contribution in [0.5, 0.6) is 0 Å². The van der Waals surface area contributed by atoms with Crippen molar-refractivity contribution in [2.75, 3.05) is 13.2 Å². The summed E-state index contributed by atoms with van der Waals surface area (Å²) in [5, 5.41) is 19.9. The summed E-state index contributed by atoms with van der Waals surface area (Å²) in [6, 6.07) is 0. The largest absolute Gasteiger partial charge is 0.463 e. The number of aliphatic hydroxyl groups excluding tert-OH is 2. The average Bonchev–Trinajstić information content (AvgIpc) is 3.05. The molecule has 0 spiro atoms. The molecule has 6 nitrogen and oxygen atoms in total. The third-order valence-electron chi connectivity index (χ3n) is 7.30. The van der Waals surface area contributed by atoms with E-state index in [-0.39, 0.29) is 31.6 Å². The maximum Gasteiger partial charge on any atom is 0.306 e. The highest BCUT2D eigenvalue weighted by molar-refractivity contribution is 5.70. The van der Waals surface area contributed by atoms with Crippen molar-refractivity contribution in [3.8, 4) is 0 Å². The molecule has 0 rings (SSSR count). The van der Waals surface area contributed by atoms with Gasteiger partial charge in [0.15, 0.2) is 0 Å². The minimum absolute atomic E-state index is 0.154. The third kappa shape index (κ3) is 34.2. The number of carbonyl (C=O) groups excluding carboxylic acids is 2. The lowest BCUT2D eigenvalue weighted by Gasteiger charge is -2.12. The molecule has 0 aromatic carbocycles. The van der Waals surface area contributed by atoms with Crippen molar-refractivity contribution in [3.63, 3.8) is 0 Å². The first kappa shape index (κ1) is 43.3. The van der Waals surface area contributed by atoms with E-state index >= 15 is 0 Å². The van der Waals surface area contributed by atoms with E-state index in [0.29, 0.717) is 19.3 Å². The molecular formula is C40H66O6. The van der Waals surface area contributed by atoms with Crippen LogP contribution in [0.2, 0.25) is 0 Å². The highest BCUT2D eigenvalue weighted by Crippen LogP contribution is 2.13. The van der Waals surface area contributed by atoms with Gasteiger partial charge in [0, 0.05) is 12.8 Å². The third-order valence-corrected chi connectivity index (χ3v) is 7.30. The Labute approximate surface area is 281 Å². The molecule has 0 aliphatic heterocycles. The summed E-state index contributed by atoms with van der Waals surface area (Å²) < 4.78 is 10.2. The Morgan fingerprint density at radius 3 is 1.67 bits per heavy atom. The number of unbranched alkanes of at least 4 members (excludes halogenated alkanes) is 11. The van der Waals surface area contributed by atoms with Gasteiger partial charge in [-0.3, -0.25) is 9.59 Å². The maximum atomic E-state index is 11.9. The van der Waals surface area contributed by atoms with Crippen molar-refractivity contribution in [2.24, 2.45) is 0 Å². The zero-order valence-corrected chi connectivity index (χ0v) is 29.2. The molecule has 0 radical (unpaired) electrons. The highest BCUT2D eigenvalue weighted by atomic mass is 16.6. The fourth-order valence-electron chi connectivity index (χ4n) is 4.55. The van der Waals surface area contributed by atoms with Crippen LogP contribution < -0.4 is 0 Å². The number of hydrogen-bond acceptors (Lipinski definition) is 6. The summed E-state index contributed by atoms with van der Waals surface area (Å²) in [5.41, 5.74) is 0. The summed E-state index contributed by atoms with van der Waals surface area (Å²) in [4.78, 5) is 23.8. The van der Waals surface area contributed by atoms with Gasteiger partial charge in [-0.25, -0.2) is 0 Å². The van der Waals surface area contributed by atoms with Gasteiger partial charge in [0.1, 0.15) is 19.3 Å². The molecule has 2 N–H and O–H groups in total. The molecule has 262 valence electrons. The first-order valence-electron chi connectivity index (χ1n) is 18.1. The summed E-state index contributed by atoms with van der Waals surface area (Å²) in [6.07, 6.45) is 42.7. The van der Waals surface area contributed by atoms with E-state index in [1.807, 2.05) is 36.5 Å². The number of rotatable bonds is 31. The van der Waals surface area contributed by atoms with Gasteiger partial charge in [0.25, 0.3) is 0 Å². The van der Waals surface area contributed by atoms with Gasteiger partial charge in [-0.2, -0.15) is 0 Å². The van der Waals surface area contributed by atoms with Crippen LogP contribution in [0, 0.1) is 0 Å². The Balaban J connectivity index is 3.69. The molecule has 6 heteroatoms. The molecular weight excluding hydrogens is 576 g/mol. The van der Waals surface area contributed by atoms with Crippen molar-refractivity contribution in [1.29, 1.82) is 0 Å². The topological polar surface area (TPSA) is 93.1 Å². The average molecular weight is 643 g/mol. The van der Waals surface area contributed by atoms with Crippen LogP contribution in [0.3, 0.4) is 0 Å². The molecule has 1 unspecified atom stereocenters. The van der Waals surface area contributed by atoms with E-state index in [4.69, 9.17) is 9.47 Å². The Morgan fingerprint density at radius 1 is 0.565 bits per heavy atom. The number of allylic oxidation sites excluding steroid dienone is 10. The SMILES string of the molecule is CC/C=C\C/C=C\CC(O)/C=C/C=C\C/C=C\C/C=C\CCC(=O)OC[C@H](O)COC(=O)CCCCCCCCCCCCCC. The monoisotopic (exact) mass is 642 g/mol. The fraction of sp³-hybridized carbons (Fsp3) is 0.650. The summed E-state index contributed by atoms with van der Waals surface area (Å²) in [5.74, 6) is -0.694. The smallest absolute Gasteiger partial charge is 0.306 e.